The molecule has 0 aliphatic heterocycles. The maximum absolute atomic E-state index is 14.6. The van der Waals surface area contributed by atoms with E-state index in [-0.39, 0.29) is 5.56 Å². The molecule has 170 valence electrons. The molecule has 0 saturated heterocycles. The van der Waals surface area contributed by atoms with Crippen molar-refractivity contribution in [2.24, 2.45) is 0 Å². The number of hydrogen-bond donors (Lipinski definition) is 0. The highest BCUT2D eigenvalue weighted by molar-refractivity contribution is 5.84. The minimum atomic E-state index is -0.968. The highest BCUT2D eigenvalue weighted by Gasteiger charge is 2.10. The fourth-order valence-electron chi connectivity index (χ4n) is 3.64. The fraction of sp³-hybridized carbons (Fsp3) is 0.138. The summed E-state index contributed by atoms with van der Waals surface area (Å²) in [5.41, 5.74) is 2.58. The Morgan fingerprint density at radius 1 is 0.706 bits per heavy atom. The van der Waals surface area contributed by atoms with Gasteiger partial charge in [0.2, 0.25) is 0 Å². The van der Waals surface area contributed by atoms with E-state index in [0.717, 1.165) is 36.2 Å². The first-order valence-electron chi connectivity index (χ1n) is 10.9. The Hall–Kier alpha value is -3.91. The third-order valence-corrected chi connectivity index (χ3v) is 5.51. The topological polar surface area (TPSA) is 12.9 Å². The molecule has 1 aromatic heterocycles. The molecule has 0 spiro atoms. The van der Waals surface area contributed by atoms with Crippen molar-refractivity contribution in [1.29, 1.82) is 0 Å². The van der Waals surface area contributed by atoms with Crippen molar-refractivity contribution in [3.8, 4) is 11.8 Å². The van der Waals surface area contributed by atoms with Crippen molar-refractivity contribution < 1.29 is 17.6 Å². The summed E-state index contributed by atoms with van der Waals surface area (Å²) in [5, 5.41) is 0.955. The molecule has 1 heterocycles. The summed E-state index contributed by atoms with van der Waals surface area (Å²) >= 11 is 0. The number of aryl methyl sites for hydroxylation is 3. The van der Waals surface area contributed by atoms with Crippen LogP contribution in [0.15, 0.2) is 73.4 Å². The number of fused-ring (bicyclic) bond motifs is 1. The average Bonchev–Trinajstić information content (AvgIpc) is 2.82. The van der Waals surface area contributed by atoms with E-state index in [4.69, 9.17) is 0 Å². The van der Waals surface area contributed by atoms with Crippen LogP contribution in [-0.4, -0.2) is 4.98 Å². The van der Waals surface area contributed by atoms with Crippen LogP contribution in [0.2, 0.25) is 0 Å². The largest absolute Gasteiger partial charge is 0.261 e. The summed E-state index contributed by atoms with van der Waals surface area (Å²) in [4.78, 5) is 4.42. The standard InChI is InChI=1S/C29H21F4N/c1-2-3-4-20-6-10-24(34-18-20)11-7-21-14-26(30)25(27(31)15-21)12-8-19-5-9-22-16-28(32)29(33)17-23(22)13-19/h2,5-6,9-10,13-18H,1,3-4,7,11H2. The summed E-state index contributed by atoms with van der Waals surface area (Å²) in [6, 6.07) is 13.4. The van der Waals surface area contributed by atoms with Crippen LogP contribution in [0.25, 0.3) is 10.8 Å². The molecule has 4 rings (SSSR count). The predicted molar refractivity (Wildman–Crippen MR) is 126 cm³/mol. The van der Waals surface area contributed by atoms with E-state index in [9.17, 15) is 17.6 Å². The van der Waals surface area contributed by atoms with Crippen LogP contribution in [-0.2, 0) is 19.3 Å². The number of aromatic nitrogens is 1. The summed E-state index contributed by atoms with van der Waals surface area (Å²) in [5.74, 6) is 1.83. The lowest BCUT2D eigenvalue weighted by Crippen LogP contribution is -1.99. The molecular formula is C29H21F4N. The third-order valence-electron chi connectivity index (χ3n) is 5.51. The predicted octanol–water partition coefficient (Wildman–Crippen LogP) is 7.09. The van der Waals surface area contributed by atoms with E-state index in [1.807, 2.05) is 24.4 Å². The Morgan fingerprint density at radius 2 is 1.44 bits per heavy atom. The van der Waals surface area contributed by atoms with Crippen molar-refractivity contribution in [2.45, 2.75) is 25.7 Å². The molecule has 0 saturated carbocycles. The smallest absolute Gasteiger partial charge is 0.159 e. The summed E-state index contributed by atoms with van der Waals surface area (Å²) < 4.78 is 56.1. The molecule has 0 atom stereocenters. The molecule has 0 unspecified atom stereocenters. The zero-order valence-corrected chi connectivity index (χ0v) is 18.3. The monoisotopic (exact) mass is 459 g/mol. The van der Waals surface area contributed by atoms with E-state index in [0.29, 0.717) is 34.7 Å². The van der Waals surface area contributed by atoms with Gasteiger partial charge >= 0.3 is 0 Å². The summed E-state index contributed by atoms with van der Waals surface area (Å²) in [6.07, 6.45) is 6.43. The lowest BCUT2D eigenvalue weighted by molar-refractivity contribution is 0.511. The summed E-state index contributed by atoms with van der Waals surface area (Å²) in [6.45, 7) is 3.71. The number of allylic oxidation sites excluding steroid dienone is 1. The van der Waals surface area contributed by atoms with Crippen molar-refractivity contribution in [2.75, 3.05) is 0 Å². The van der Waals surface area contributed by atoms with Crippen molar-refractivity contribution >= 4 is 10.8 Å². The second-order valence-corrected chi connectivity index (χ2v) is 8.00. The number of nitrogens with zero attached hydrogens (tertiary/aromatic N) is 1. The minimum Gasteiger partial charge on any atom is -0.261 e. The molecule has 3 aromatic carbocycles. The van der Waals surface area contributed by atoms with Gasteiger partial charge in [0, 0.05) is 17.5 Å². The van der Waals surface area contributed by atoms with Gasteiger partial charge in [-0.3, -0.25) is 4.98 Å². The van der Waals surface area contributed by atoms with E-state index < -0.39 is 23.3 Å². The maximum Gasteiger partial charge on any atom is 0.159 e. The quantitative estimate of drug-likeness (QED) is 0.170. The average molecular weight is 459 g/mol. The van der Waals surface area contributed by atoms with E-state index in [1.54, 1.807) is 18.2 Å². The van der Waals surface area contributed by atoms with Crippen LogP contribution in [0.4, 0.5) is 17.6 Å². The van der Waals surface area contributed by atoms with Crippen molar-refractivity contribution in [1.82, 2.24) is 4.98 Å². The molecule has 4 aromatic rings. The highest BCUT2D eigenvalue weighted by atomic mass is 19.2. The number of halogens is 4. The van der Waals surface area contributed by atoms with Gasteiger partial charge in [0.05, 0.1) is 5.56 Å². The molecular weight excluding hydrogens is 438 g/mol. The number of rotatable bonds is 6. The lowest BCUT2D eigenvalue weighted by Gasteiger charge is -2.06. The second kappa shape index (κ2) is 10.4. The molecule has 0 aliphatic rings. The van der Waals surface area contributed by atoms with Gasteiger partial charge in [-0.25, -0.2) is 17.6 Å². The van der Waals surface area contributed by atoms with Crippen LogP contribution in [0.3, 0.4) is 0 Å². The lowest BCUT2D eigenvalue weighted by atomic mass is 10.0. The number of benzene rings is 3. The van der Waals surface area contributed by atoms with Gasteiger partial charge in [-0.1, -0.05) is 30.0 Å². The molecule has 0 N–H and O–H groups in total. The van der Waals surface area contributed by atoms with Gasteiger partial charge in [0.1, 0.15) is 11.6 Å². The van der Waals surface area contributed by atoms with Gasteiger partial charge in [0.15, 0.2) is 11.6 Å². The van der Waals surface area contributed by atoms with Gasteiger partial charge in [-0.05, 0) is 90.0 Å². The van der Waals surface area contributed by atoms with Gasteiger partial charge in [0.25, 0.3) is 0 Å². The Kier molecular flexibility index (Phi) is 7.08. The molecule has 0 aliphatic carbocycles. The molecule has 34 heavy (non-hydrogen) atoms. The Labute approximate surface area is 195 Å². The van der Waals surface area contributed by atoms with Gasteiger partial charge in [-0.15, -0.1) is 6.58 Å². The SMILES string of the molecule is C=CCCc1ccc(CCc2cc(F)c(C#Cc3ccc4cc(F)c(F)cc4c3)c(F)c2)nc1. The maximum atomic E-state index is 14.6. The van der Waals surface area contributed by atoms with Crippen LogP contribution >= 0.6 is 0 Å². The fourth-order valence-corrected chi connectivity index (χ4v) is 3.64. The van der Waals surface area contributed by atoms with E-state index in [2.05, 4.69) is 23.4 Å². The Bertz CT molecular complexity index is 1390. The van der Waals surface area contributed by atoms with E-state index >= 15 is 0 Å². The molecule has 0 bridgehead atoms. The normalized spacial score (nSPS) is 10.7. The molecule has 5 heteroatoms. The van der Waals surface area contributed by atoms with Gasteiger partial charge < -0.3 is 0 Å². The number of hydrogen-bond acceptors (Lipinski definition) is 1. The third kappa shape index (κ3) is 5.52. The zero-order chi connectivity index (χ0) is 24.1. The van der Waals surface area contributed by atoms with Crippen LogP contribution in [0.5, 0.6) is 0 Å². The van der Waals surface area contributed by atoms with Crippen molar-refractivity contribution in [3.63, 3.8) is 0 Å². The molecule has 0 radical (unpaired) electrons. The summed E-state index contributed by atoms with van der Waals surface area (Å²) in [7, 11) is 0. The molecule has 0 amide bonds. The highest BCUT2D eigenvalue weighted by Crippen LogP contribution is 2.21. The molecule has 1 nitrogen and oxygen atoms in total. The number of pyridine rings is 1. The molecule has 0 fully saturated rings. The zero-order valence-electron chi connectivity index (χ0n) is 18.3. The van der Waals surface area contributed by atoms with E-state index in [1.165, 1.54) is 12.1 Å². The van der Waals surface area contributed by atoms with Gasteiger partial charge in [-0.2, -0.15) is 0 Å². The Balaban J connectivity index is 1.48. The minimum absolute atomic E-state index is 0.334. The first kappa shape index (κ1) is 23.3. The van der Waals surface area contributed by atoms with Crippen LogP contribution < -0.4 is 0 Å². The van der Waals surface area contributed by atoms with Crippen LogP contribution in [0, 0.1) is 35.1 Å². The Morgan fingerprint density at radius 3 is 2.12 bits per heavy atom. The first-order valence-corrected chi connectivity index (χ1v) is 10.9. The second-order valence-electron chi connectivity index (χ2n) is 8.00. The first-order chi connectivity index (χ1) is 16.4. The van der Waals surface area contributed by atoms with Crippen LogP contribution in [0.1, 0.15) is 34.4 Å². The van der Waals surface area contributed by atoms with Crippen molar-refractivity contribution in [3.05, 3.63) is 125 Å².